The fourth-order valence-electron chi connectivity index (χ4n) is 3.01. The molecule has 0 saturated carbocycles. The number of nitrogens with zero attached hydrogens (tertiary/aromatic N) is 2. The summed E-state index contributed by atoms with van der Waals surface area (Å²) in [6.45, 7) is 1.92. The molecule has 0 bridgehead atoms. The minimum Gasteiger partial charge on any atom is -0.416 e. The summed E-state index contributed by atoms with van der Waals surface area (Å²) in [6.07, 6.45) is 0.540. The minimum absolute atomic E-state index is 0.195. The first kappa shape index (κ1) is 21.2. The molecule has 4 rings (SSSR count). The van der Waals surface area contributed by atoms with Crippen molar-refractivity contribution in [3.05, 3.63) is 106 Å². The van der Waals surface area contributed by atoms with E-state index in [0.29, 0.717) is 28.2 Å². The third-order valence-corrected chi connectivity index (χ3v) is 6.14. The molecule has 4 aromatic rings. The van der Waals surface area contributed by atoms with E-state index in [2.05, 4.69) is 15.5 Å². The molecule has 3 aromatic carbocycles. The molecule has 1 N–H and O–H groups in total. The molecule has 5 nitrogen and oxygen atoms in total. The minimum atomic E-state index is -0.564. The Hall–Kier alpha value is -3.09. The molecule has 7 heteroatoms. The second kappa shape index (κ2) is 9.81. The molecule has 1 atom stereocenters. The summed E-state index contributed by atoms with van der Waals surface area (Å²) < 4.78 is 5.81. The van der Waals surface area contributed by atoms with E-state index in [4.69, 9.17) is 16.0 Å². The van der Waals surface area contributed by atoms with Crippen molar-refractivity contribution in [1.82, 2.24) is 10.2 Å². The van der Waals surface area contributed by atoms with Gasteiger partial charge in [0.15, 0.2) is 0 Å². The Bertz CT molecular complexity index is 1170. The van der Waals surface area contributed by atoms with Crippen LogP contribution in [0.2, 0.25) is 5.02 Å². The number of rotatable bonds is 7. The molecule has 1 amide bonds. The Morgan fingerprint density at radius 2 is 1.74 bits per heavy atom. The lowest BCUT2D eigenvalue weighted by atomic mass is 10.1. The molecule has 0 saturated heterocycles. The fourth-order valence-corrected chi connectivity index (χ4v) is 4.08. The predicted octanol–water partition coefficient (Wildman–Crippen LogP) is 6.09. The van der Waals surface area contributed by atoms with Gasteiger partial charge in [0.05, 0.1) is 6.42 Å². The number of carbonyl (C=O) groups is 1. The van der Waals surface area contributed by atoms with E-state index in [1.54, 1.807) is 6.07 Å². The lowest BCUT2D eigenvalue weighted by molar-refractivity contribution is -0.115. The molecule has 0 fully saturated rings. The first-order valence-electron chi connectivity index (χ1n) is 9.73. The summed E-state index contributed by atoms with van der Waals surface area (Å²) in [4.78, 5) is 13.1. The Morgan fingerprint density at radius 1 is 1.03 bits per heavy atom. The highest BCUT2D eigenvalue weighted by molar-refractivity contribution is 8.00. The maximum Gasteiger partial charge on any atom is 0.277 e. The highest BCUT2D eigenvalue weighted by atomic mass is 35.5. The van der Waals surface area contributed by atoms with Gasteiger partial charge in [-0.25, -0.2) is 0 Å². The van der Waals surface area contributed by atoms with Crippen LogP contribution in [0.5, 0.6) is 0 Å². The third-order valence-electron chi connectivity index (χ3n) is 4.64. The van der Waals surface area contributed by atoms with Crippen LogP contribution >= 0.6 is 23.4 Å². The molecule has 156 valence electrons. The van der Waals surface area contributed by atoms with Crippen molar-refractivity contribution in [2.45, 2.75) is 23.8 Å². The van der Waals surface area contributed by atoms with E-state index in [1.165, 1.54) is 11.8 Å². The van der Waals surface area contributed by atoms with E-state index < -0.39 is 5.25 Å². The number of carbonyl (C=O) groups excluding carboxylic acids is 1. The van der Waals surface area contributed by atoms with E-state index in [0.717, 1.165) is 16.7 Å². The van der Waals surface area contributed by atoms with Crippen molar-refractivity contribution in [2.75, 3.05) is 5.32 Å². The standard InChI is InChI=1S/C24H20ClN3O2S/c1-16-12-13-19(15-20(16)25)26-23(29)22(18-10-6-3-7-11-18)31-24-28-27-21(30-24)14-17-8-4-2-5-9-17/h2-13,15,22H,14H2,1H3,(H,26,29)/t22-/m1/s1. The molecule has 1 heterocycles. The SMILES string of the molecule is Cc1ccc(NC(=O)[C@H](Sc2nnc(Cc3ccccc3)o2)c2ccccc2)cc1Cl. The number of hydrogen-bond acceptors (Lipinski definition) is 5. The van der Waals surface area contributed by atoms with E-state index in [-0.39, 0.29) is 5.91 Å². The number of halogens is 1. The number of thioether (sulfide) groups is 1. The van der Waals surface area contributed by atoms with E-state index >= 15 is 0 Å². The first-order valence-corrected chi connectivity index (χ1v) is 11.0. The van der Waals surface area contributed by atoms with Crippen LogP contribution in [0.3, 0.4) is 0 Å². The maximum absolute atomic E-state index is 13.1. The Labute approximate surface area is 189 Å². The average molecular weight is 450 g/mol. The van der Waals surface area contributed by atoms with Gasteiger partial charge in [-0.1, -0.05) is 78.3 Å². The van der Waals surface area contributed by atoms with Gasteiger partial charge in [0, 0.05) is 10.7 Å². The van der Waals surface area contributed by atoms with Gasteiger partial charge in [0.25, 0.3) is 5.22 Å². The third kappa shape index (κ3) is 5.54. The summed E-state index contributed by atoms with van der Waals surface area (Å²) in [5.74, 6) is 0.310. The normalized spacial score (nSPS) is 11.8. The number of aryl methyl sites for hydroxylation is 1. The largest absolute Gasteiger partial charge is 0.416 e. The fraction of sp³-hybridized carbons (Fsp3) is 0.125. The summed E-state index contributed by atoms with van der Waals surface area (Å²) in [6, 6.07) is 24.9. The van der Waals surface area contributed by atoms with E-state index in [9.17, 15) is 4.79 Å². The van der Waals surface area contributed by atoms with Crippen LogP contribution in [0.1, 0.15) is 27.8 Å². The molecule has 31 heavy (non-hydrogen) atoms. The van der Waals surface area contributed by atoms with Gasteiger partial charge in [-0.05, 0) is 47.5 Å². The highest BCUT2D eigenvalue weighted by Crippen LogP contribution is 2.36. The Kier molecular flexibility index (Phi) is 6.70. The van der Waals surface area contributed by atoms with Crippen LogP contribution in [0.15, 0.2) is 88.5 Å². The second-order valence-corrected chi connectivity index (χ2v) is 8.45. The van der Waals surface area contributed by atoms with Gasteiger partial charge in [-0.2, -0.15) is 0 Å². The summed E-state index contributed by atoms with van der Waals surface area (Å²) >= 11 is 7.43. The van der Waals surface area contributed by atoms with Crippen LogP contribution in [-0.2, 0) is 11.2 Å². The van der Waals surface area contributed by atoms with Crippen LogP contribution in [0, 0.1) is 6.92 Å². The van der Waals surface area contributed by atoms with Gasteiger partial charge < -0.3 is 9.73 Å². The lowest BCUT2D eigenvalue weighted by Gasteiger charge is -2.15. The average Bonchev–Trinajstić information content (AvgIpc) is 3.23. The number of anilines is 1. The molecule has 0 radical (unpaired) electrons. The number of amides is 1. The topological polar surface area (TPSA) is 68.0 Å². The van der Waals surface area contributed by atoms with Crippen LogP contribution < -0.4 is 5.32 Å². The van der Waals surface area contributed by atoms with Crippen LogP contribution in [-0.4, -0.2) is 16.1 Å². The van der Waals surface area contributed by atoms with E-state index in [1.807, 2.05) is 79.7 Å². The predicted molar refractivity (Wildman–Crippen MR) is 123 cm³/mol. The van der Waals surface area contributed by atoms with Gasteiger partial charge in [0.2, 0.25) is 11.8 Å². The number of aromatic nitrogens is 2. The van der Waals surface area contributed by atoms with Crippen LogP contribution in [0.4, 0.5) is 5.69 Å². The smallest absolute Gasteiger partial charge is 0.277 e. The summed E-state index contributed by atoms with van der Waals surface area (Å²) in [5, 5.41) is 11.6. The summed E-state index contributed by atoms with van der Waals surface area (Å²) in [7, 11) is 0. The molecule has 0 aliphatic rings. The van der Waals surface area contributed by atoms with Crippen LogP contribution in [0.25, 0.3) is 0 Å². The Morgan fingerprint density at radius 3 is 2.45 bits per heavy atom. The molecular weight excluding hydrogens is 430 g/mol. The molecular formula is C24H20ClN3O2S. The zero-order valence-electron chi connectivity index (χ0n) is 16.8. The molecule has 1 aromatic heterocycles. The molecule has 0 aliphatic heterocycles. The molecule has 0 spiro atoms. The summed E-state index contributed by atoms with van der Waals surface area (Å²) in [5.41, 5.74) is 3.50. The molecule has 0 aliphatic carbocycles. The van der Waals surface area contributed by atoms with Gasteiger partial charge in [-0.3, -0.25) is 4.79 Å². The Balaban J connectivity index is 1.53. The monoisotopic (exact) mass is 449 g/mol. The maximum atomic E-state index is 13.1. The number of hydrogen-bond donors (Lipinski definition) is 1. The number of nitrogens with one attached hydrogen (secondary N) is 1. The number of benzene rings is 3. The van der Waals surface area contributed by atoms with Crippen molar-refractivity contribution < 1.29 is 9.21 Å². The zero-order valence-corrected chi connectivity index (χ0v) is 18.4. The van der Waals surface area contributed by atoms with Crippen molar-refractivity contribution in [2.24, 2.45) is 0 Å². The first-order chi connectivity index (χ1) is 15.1. The van der Waals surface area contributed by atoms with Gasteiger partial charge in [0.1, 0.15) is 5.25 Å². The lowest BCUT2D eigenvalue weighted by Crippen LogP contribution is -2.19. The van der Waals surface area contributed by atoms with Crippen molar-refractivity contribution in [1.29, 1.82) is 0 Å². The van der Waals surface area contributed by atoms with Crippen molar-refractivity contribution in [3.63, 3.8) is 0 Å². The zero-order chi connectivity index (χ0) is 21.6. The second-order valence-electron chi connectivity index (χ2n) is 6.99. The van der Waals surface area contributed by atoms with Gasteiger partial charge in [-0.15, -0.1) is 10.2 Å². The van der Waals surface area contributed by atoms with Crippen molar-refractivity contribution in [3.8, 4) is 0 Å². The quantitative estimate of drug-likeness (QED) is 0.345. The highest BCUT2D eigenvalue weighted by Gasteiger charge is 2.25. The molecule has 0 unspecified atom stereocenters. The van der Waals surface area contributed by atoms with Gasteiger partial charge >= 0.3 is 0 Å². The van der Waals surface area contributed by atoms with Crippen molar-refractivity contribution >= 4 is 35.0 Å².